The maximum Gasteiger partial charge on any atom is 0.257 e. The molecule has 1 unspecified atom stereocenters. The number of rotatable bonds is 5. The highest BCUT2D eigenvalue weighted by Gasteiger charge is 2.54. The lowest BCUT2D eigenvalue weighted by Gasteiger charge is -2.44. The summed E-state index contributed by atoms with van der Waals surface area (Å²) >= 11 is 0. The van der Waals surface area contributed by atoms with Crippen LogP contribution >= 0.6 is 0 Å². The number of carbonyl (C=O) groups is 3. The van der Waals surface area contributed by atoms with Crippen molar-refractivity contribution in [2.24, 2.45) is 0 Å². The quantitative estimate of drug-likeness (QED) is 0.733. The van der Waals surface area contributed by atoms with Crippen molar-refractivity contribution in [3.8, 4) is 0 Å². The van der Waals surface area contributed by atoms with Crippen LogP contribution in [0.15, 0.2) is 48.5 Å². The number of hydrogen-bond acceptors (Lipinski definition) is 4. The van der Waals surface area contributed by atoms with E-state index in [1.54, 1.807) is 21.9 Å². The lowest BCUT2D eigenvalue weighted by molar-refractivity contribution is -0.128. The SMILES string of the molecule is CCCNC(=O)C1COC2(CCN(C(=O)c3ccc(F)cc3)CC2)N1C(=O)c1ccccc1C. The molecule has 2 saturated heterocycles. The second-order valence-corrected chi connectivity index (χ2v) is 8.85. The summed E-state index contributed by atoms with van der Waals surface area (Å²) in [6, 6.07) is 12.0. The topological polar surface area (TPSA) is 79.0 Å². The van der Waals surface area contributed by atoms with E-state index in [-0.39, 0.29) is 24.3 Å². The maximum absolute atomic E-state index is 13.7. The van der Waals surface area contributed by atoms with Crippen molar-refractivity contribution in [3.05, 3.63) is 71.0 Å². The van der Waals surface area contributed by atoms with Gasteiger partial charge in [-0.15, -0.1) is 0 Å². The Balaban J connectivity index is 1.57. The molecule has 8 heteroatoms. The van der Waals surface area contributed by atoms with Gasteiger partial charge in [0.15, 0.2) is 0 Å². The van der Waals surface area contributed by atoms with Gasteiger partial charge in [0.25, 0.3) is 11.8 Å². The highest BCUT2D eigenvalue weighted by Crippen LogP contribution is 2.39. The third-order valence-electron chi connectivity index (χ3n) is 6.63. The number of nitrogens with one attached hydrogen (secondary N) is 1. The second kappa shape index (κ2) is 9.93. The molecule has 1 spiro atoms. The van der Waals surface area contributed by atoms with Gasteiger partial charge in [0, 0.05) is 43.6 Å². The minimum Gasteiger partial charge on any atom is -0.354 e. The average Bonchev–Trinajstić information content (AvgIpc) is 3.21. The molecule has 2 aromatic rings. The van der Waals surface area contributed by atoms with Gasteiger partial charge in [-0.25, -0.2) is 4.39 Å². The molecule has 2 heterocycles. The largest absolute Gasteiger partial charge is 0.354 e. The standard InChI is InChI=1S/C26H30FN3O4/c1-3-14-28-23(31)22-17-34-26(30(22)25(33)21-7-5-4-6-18(21)2)12-15-29(16-13-26)24(32)19-8-10-20(27)11-9-19/h4-11,22H,3,12-17H2,1-2H3,(H,28,31). The molecule has 0 saturated carbocycles. The minimum atomic E-state index is -0.965. The molecule has 2 aromatic carbocycles. The van der Waals surface area contributed by atoms with Crippen LogP contribution in [0.1, 0.15) is 52.5 Å². The van der Waals surface area contributed by atoms with E-state index in [4.69, 9.17) is 4.74 Å². The van der Waals surface area contributed by atoms with Crippen LogP contribution in [0.3, 0.4) is 0 Å². The molecular weight excluding hydrogens is 437 g/mol. The van der Waals surface area contributed by atoms with Crippen molar-refractivity contribution in [1.82, 2.24) is 15.1 Å². The predicted molar refractivity (Wildman–Crippen MR) is 125 cm³/mol. The number of likely N-dealkylation sites (tertiary alicyclic amines) is 1. The van der Waals surface area contributed by atoms with Gasteiger partial charge in [-0.05, 0) is 49.2 Å². The third-order valence-corrected chi connectivity index (χ3v) is 6.63. The summed E-state index contributed by atoms with van der Waals surface area (Å²) < 4.78 is 19.4. The first-order valence-electron chi connectivity index (χ1n) is 11.7. The van der Waals surface area contributed by atoms with Crippen molar-refractivity contribution in [1.29, 1.82) is 0 Å². The van der Waals surface area contributed by atoms with Gasteiger partial charge in [0.05, 0.1) is 6.61 Å². The van der Waals surface area contributed by atoms with Crippen LogP contribution in [0.5, 0.6) is 0 Å². The smallest absolute Gasteiger partial charge is 0.257 e. The summed E-state index contributed by atoms with van der Waals surface area (Å²) in [5, 5.41) is 2.89. The number of aryl methyl sites for hydroxylation is 1. The fourth-order valence-corrected chi connectivity index (χ4v) is 4.71. The van der Waals surface area contributed by atoms with E-state index in [0.717, 1.165) is 12.0 Å². The van der Waals surface area contributed by atoms with Crippen LogP contribution in [-0.4, -0.2) is 65.5 Å². The zero-order valence-electron chi connectivity index (χ0n) is 19.6. The molecular formula is C26H30FN3O4. The normalized spacial score (nSPS) is 19.3. The monoisotopic (exact) mass is 467 g/mol. The molecule has 34 heavy (non-hydrogen) atoms. The molecule has 1 N–H and O–H groups in total. The molecule has 0 aliphatic carbocycles. The van der Waals surface area contributed by atoms with E-state index >= 15 is 0 Å². The average molecular weight is 468 g/mol. The van der Waals surface area contributed by atoms with E-state index < -0.39 is 17.6 Å². The summed E-state index contributed by atoms with van der Waals surface area (Å²) in [4.78, 5) is 42.9. The first kappa shape index (κ1) is 23.9. The fourth-order valence-electron chi connectivity index (χ4n) is 4.71. The number of nitrogens with zero attached hydrogens (tertiary/aromatic N) is 2. The van der Waals surface area contributed by atoms with Crippen molar-refractivity contribution < 1.29 is 23.5 Å². The molecule has 180 valence electrons. The zero-order chi connectivity index (χ0) is 24.3. The summed E-state index contributed by atoms with van der Waals surface area (Å²) in [5.74, 6) is -1.07. The van der Waals surface area contributed by atoms with Gasteiger partial charge < -0.3 is 15.0 Å². The Morgan fingerprint density at radius 1 is 1.06 bits per heavy atom. The van der Waals surface area contributed by atoms with E-state index in [0.29, 0.717) is 43.6 Å². The van der Waals surface area contributed by atoms with Crippen LogP contribution < -0.4 is 5.32 Å². The number of hydrogen-bond donors (Lipinski definition) is 1. The van der Waals surface area contributed by atoms with Crippen molar-refractivity contribution in [3.63, 3.8) is 0 Å². The Morgan fingerprint density at radius 2 is 1.74 bits per heavy atom. The van der Waals surface area contributed by atoms with Crippen molar-refractivity contribution >= 4 is 17.7 Å². The first-order valence-corrected chi connectivity index (χ1v) is 11.7. The molecule has 0 bridgehead atoms. The number of ether oxygens (including phenoxy) is 1. The minimum absolute atomic E-state index is 0.110. The number of benzene rings is 2. The van der Waals surface area contributed by atoms with Crippen LogP contribution in [-0.2, 0) is 9.53 Å². The Hall–Kier alpha value is -3.26. The molecule has 3 amide bonds. The van der Waals surface area contributed by atoms with Crippen LogP contribution in [0.4, 0.5) is 4.39 Å². The number of piperidine rings is 1. The molecule has 1 atom stereocenters. The fraction of sp³-hybridized carbons (Fsp3) is 0.423. The highest BCUT2D eigenvalue weighted by atomic mass is 19.1. The Kier molecular flexibility index (Phi) is 6.97. The molecule has 2 aliphatic rings. The summed E-state index contributed by atoms with van der Waals surface area (Å²) in [5.41, 5.74) is 0.804. The second-order valence-electron chi connectivity index (χ2n) is 8.85. The Bertz CT molecular complexity index is 1060. The zero-order valence-corrected chi connectivity index (χ0v) is 19.6. The molecule has 7 nitrogen and oxygen atoms in total. The molecule has 4 rings (SSSR count). The van der Waals surface area contributed by atoms with E-state index in [1.165, 1.54) is 24.3 Å². The van der Waals surface area contributed by atoms with Crippen molar-refractivity contribution in [2.75, 3.05) is 26.2 Å². The highest BCUT2D eigenvalue weighted by molar-refractivity contribution is 5.99. The molecule has 0 aromatic heterocycles. The van der Waals surface area contributed by atoms with Gasteiger partial charge >= 0.3 is 0 Å². The van der Waals surface area contributed by atoms with Crippen molar-refractivity contribution in [2.45, 2.75) is 44.9 Å². The van der Waals surface area contributed by atoms with E-state index in [9.17, 15) is 18.8 Å². The van der Waals surface area contributed by atoms with Gasteiger partial charge in [-0.3, -0.25) is 19.3 Å². The van der Waals surface area contributed by atoms with Crippen LogP contribution in [0.2, 0.25) is 0 Å². The maximum atomic E-state index is 13.7. The predicted octanol–water partition coefficient (Wildman–Crippen LogP) is 3.13. The van der Waals surface area contributed by atoms with Gasteiger partial charge in [0.1, 0.15) is 17.6 Å². The summed E-state index contributed by atoms with van der Waals surface area (Å²) in [7, 11) is 0. The lowest BCUT2D eigenvalue weighted by atomic mass is 9.95. The van der Waals surface area contributed by atoms with Crippen LogP contribution in [0.25, 0.3) is 0 Å². The van der Waals surface area contributed by atoms with E-state index in [1.807, 2.05) is 26.0 Å². The molecule has 0 radical (unpaired) electrons. The summed E-state index contributed by atoms with van der Waals surface area (Å²) in [6.07, 6.45) is 1.56. The van der Waals surface area contributed by atoms with Gasteiger partial charge in [0.2, 0.25) is 5.91 Å². The molecule has 2 fully saturated rings. The Labute approximate surface area is 198 Å². The third kappa shape index (κ3) is 4.55. The van der Waals surface area contributed by atoms with Gasteiger partial charge in [-0.1, -0.05) is 25.1 Å². The first-order chi connectivity index (χ1) is 16.4. The molecule has 2 aliphatic heterocycles. The number of carbonyl (C=O) groups excluding carboxylic acids is 3. The Morgan fingerprint density at radius 3 is 2.38 bits per heavy atom. The number of halogens is 1. The lowest BCUT2D eigenvalue weighted by Crippen LogP contribution is -2.60. The van der Waals surface area contributed by atoms with Gasteiger partial charge in [-0.2, -0.15) is 0 Å². The van der Waals surface area contributed by atoms with E-state index in [2.05, 4.69) is 5.32 Å². The summed E-state index contributed by atoms with van der Waals surface area (Å²) in [6.45, 7) is 5.19. The number of amides is 3. The van der Waals surface area contributed by atoms with Crippen LogP contribution in [0, 0.1) is 12.7 Å².